The maximum Gasteiger partial charge on any atom is 0.322 e. The second-order valence-electron chi connectivity index (χ2n) is 3.56. The molecule has 8 heteroatoms. The monoisotopic (exact) mass is 281 g/mol. The first kappa shape index (κ1) is 13.1. The molecular weight excluding hydrogens is 270 g/mol. The summed E-state index contributed by atoms with van der Waals surface area (Å²) >= 11 is 4.82. The van der Waals surface area contributed by atoms with Crippen LogP contribution >= 0.6 is 12.2 Å². The van der Waals surface area contributed by atoms with Crippen LogP contribution in [-0.4, -0.2) is 35.7 Å². The maximum absolute atomic E-state index is 10.3. The lowest BCUT2D eigenvalue weighted by atomic mass is 10.2. The zero-order valence-electron chi connectivity index (χ0n) is 9.75. The molecule has 3 N–H and O–H groups in total. The van der Waals surface area contributed by atoms with E-state index in [-0.39, 0.29) is 18.5 Å². The van der Waals surface area contributed by atoms with E-state index in [1.165, 1.54) is 6.21 Å². The SMILES string of the molecule is O=C(O)CNC(=S)N/N=C/c1ccc2c(c1)OCO2. The largest absolute Gasteiger partial charge is 0.480 e. The third-order valence-electron chi connectivity index (χ3n) is 2.18. The van der Waals surface area contributed by atoms with Gasteiger partial charge in [0.05, 0.1) is 6.21 Å². The number of ether oxygens (including phenoxy) is 2. The first-order valence-corrected chi connectivity index (χ1v) is 5.74. The molecule has 0 bridgehead atoms. The fourth-order valence-corrected chi connectivity index (χ4v) is 1.48. The van der Waals surface area contributed by atoms with E-state index in [0.717, 1.165) is 5.56 Å². The Morgan fingerprint density at radius 1 is 1.47 bits per heavy atom. The number of thiocarbonyl (C=S) groups is 1. The van der Waals surface area contributed by atoms with Crippen molar-refractivity contribution >= 4 is 29.5 Å². The fraction of sp³-hybridized carbons (Fsp3) is 0.182. The number of carboxylic acids is 1. The molecule has 0 fully saturated rings. The van der Waals surface area contributed by atoms with Gasteiger partial charge in [0.25, 0.3) is 0 Å². The standard InChI is InChI=1S/C11H11N3O4S/c15-10(16)5-12-11(19)14-13-4-7-1-2-8-9(3-7)18-6-17-8/h1-4H,5-6H2,(H,15,16)(H2,12,14,19)/b13-4+. The van der Waals surface area contributed by atoms with E-state index < -0.39 is 5.97 Å². The van der Waals surface area contributed by atoms with Crippen molar-refractivity contribution in [1.82, 2.24) is 10.7 Å². The summed E-state index contributed by atoms with van der Waals surface area (Å²) in [7, 11) is 0. The van der Waals surface area contributed by atoms with Crippen molar-refractivity contribution in [3.63, 3.8) is 0 Å². The lowest BCUT2D eigenvalue weighted by Crippen LogP contribution is -2.35. The Hall–Kier alpha value is -2.35. The number of benzene rings is 1. The number of nitrogens with zero attached hydrogens (tertiary/aromatic N) is 1. The summed E-state index contributed by atoms with van der Waals surface area (Å²) in [5, 5.41) is 14.9. The van der Waals surface area contributed by atoms with Crippen LogP contribution in [0, 0.1) is 0 Å². The van der Waals surface area contributed by atoms with Gasteiger partial charge in [0, 0.05) is 0 Å². The number of fused-ring (bicyclic) bond motifs is 1. The zero-order chi connectivity index (χ0) is 13.7. The highest BCUT2D eigenvalue weighted by atomic mass is 32.1. The van der Waals surface area contributed by atoms with Crippen molar-refractivity contribution < 1.29 is 19.4 Å². The summed E-state index contributed by atoms with van der Waals surface area (Å²) in [5.41, 5.74) is 3.31. The number of hydrogen-bond acceptors (Lipinski definition) is 5. The van der Waals surface area contributed by atoms with Crippen molar-refractivity contribution in [3.05, 3.63) is 23.8 Å². The molecule has 0 aliphatic carbocycles. The number of carboxylic acid groups (broad SMARTS) is 1. The predicted octanol–water partition coefficient (Wildman–Crippen LogP) is 0.298. The Labute approximate surface area is 114 Å². The molecule has 2 rings (SSSR count). The van der Waals surface area contributed by atoms with Gasteiger partial charge in [-0.25, -0.2) is 0 Å². The van der Waals surface area contributed by atoms with E-state index in [9.17, 15) is 4.79 Å². The van der Waals surface area contributed by atoms with Gasteiger partial charge in [-0.15, -0.1) is 0 Å². The molecule has 0 spiro atoms. The third kappa shape index (κ3) is 3.81. The van der Waals surface area contributed by atoms with Crippen LogP contribution < -0.4 is 20.2 Å². The Morgan fingerprint density at radius 3 is 3.05 bits per heavy atom. The van der Waals surface area contributed by atoms with Crippen LogP contribution in [0.4, 0.5) is 0 Å². The molecule has 1 aliphatic heterocycles. The van der Waals surface area contributed by atoms with E-state index in [0.29, 0.717) is 11.5 Å². The minimum absolute atomic E-state index is 0.138. The molecule has 1 aliphatic rings. The molecule has 7 nitrogen and oxygen atoms in total. The van der Waals surface area contributed by atoms with Crippen LogP contribution in [0.1, 0.15) is 5.56 Å². The molecular formula is C11H11N3O4S. The van der Waals surface area contributed by atoms with E-state index in [4.69, 9.17) is 26.8 Å². The molecule has 0 unspecified atom stereocenters. The van der Waals surface area contributed by atoms with Gasteiger partial charge in [-0.2, -0.15) is 5.10 Å². The van der Waals surface area contributed by atoms with Crippen molar-refractivity contribution in [2.24, 2.45) is 5.10 Å². The van der Waals surface area contributed by atoms with E-state index in [2.05, 4.69) is 15.8 Å². The fourth-order valence-electron chi connectivity index (χ4n) is 1.35. The number of nitrogens with one attached hydrogen (secondary N) is 2. The van der Waals surface area contributed by atoms with Crippen molar-refractivity contribution in [3.8, 4) is 11.5 Å². The molecule has 1 aromatic carbocycles. The number of carbonyl (C=O) groups is 1. The Bertz CT molecular complexity index is 533. The van der Waals surface area contributed by atoms with E-state index in [1.54, 1.807) is 12.1 Å². The van der Waals surface area contributed by atoms with Crippen LogP contribution in [0.3, 0.4) is 0 Å². The topological polar surface area (TPSA) is 92.2 Å². The van der Waals surface area contributed by atoms with Gasteiger partial charge in [0.2, 0.25) is 6.79 Å². The average molecular weight is 281 g/mol. The summed E-state index contributed by atoms with van der Waals surface area (Å²) in [6, 6.07) is 5.37. The molecule has 0 atom stereocenters. The molecule has 0 saturated heterocycles. The highest BCUT2D eigenvalue weighted by Gasteiger charge is 2.12. The zero-order valence-corrected chi connectivity index (χ0v) is 10.6. The highest BCUT2D eigenvalue weighted by Crippen LogP contribution is 2.31. The van der Waals surface area contributed by atoms with Gasteiger partial charge < -0.3 is 19.9 Å². The maximum atomic E-state index is 10.3. The van der Waals surface area contributed by atoms with E-state index in [1.807, 2.05) is 6.07 Å². The van der Waals surface area contributed by atoms with Gasteiger partial charge in [-0.05, 0) is 36.0 Å². The van der Waals surface area contributed by atoms with Crippen LogP contribution in [0.25, 0.3) is 0 Å². The predicted molar refractivity (Wildman–Crippen MR) is 71.5 cm³/mol. The lowest BCUT2D eigenvalue weighted by molar-refractivity contribution is -0.135. The summed E-state index contributed by atoms with van der Waals surface area (Å²) < 4.78 is 10.4. The van der Waals surface area contributed by atoms with Crippen molar-refractivity contribution in [1.29, 1.82) is 0 Å². The Balaban J connectivity index is 1.85. The second-order valence-corrected chi connectivity index (χ2v) is 3.97. The van der Waals surface area contributed by atoms with Gasteiger partial charge in [-0.3, -0.25) is 10.2 Å². The molecule has 1 aromatic rings. The summed E-state index contributed by atoms with van der Waals surface area (Å²) in [5.74, 6) is 0.364. The molecule has 100 valence electrons. The summed E-state index contributed by atoms with van der Waals surface area (Å²) in [6.07, 6.45) is 1.54. The third-order valence-corrected chi connectivity index (χ3v) is 2.41. The van der Waals surface area contributed by atoms with Gasteiger partial charge in [0.1, 0.15) is 6.54 Å². The molecule has 19 heavy (non-hydrogen) atoms. The first-order chi connectivity index (χ1) is 9.15. The Kier molecular flexibility index (Phi) is 4.14. The molecule has 0 saturated carbocycles. The number of aliphatic carboxylic acids is 1. The van der Waals surface area contributed by atoms with Gasteiger partial charge in [-0.1, -0.05) is 0 Å². The smallest absolute Gasteiger partial charge is 0.322 e. The number of rotatable bonds is 4. The van der Waals surface area contributed by atoms with Crippen LogP contribution in [0.2, 0.25) is 0 Å². The summed E-state index contributed by atoms with van der Waals surface area (Å²) in [6.45, 7) is -0.0389. The van der Waals surface area contributed by atoms with Crippen LogP contribution in [-0.2, 0) is 4.79 Å². The van der Waals surface area contributed by atoms with Gasteiger partial charge >= 0.3 is 5.97 Å². The first-order valence-electron chi connectivity index (χ1n) is 5.33. The number of hydrogen-bond donors (Lipinski definition) is 3. The Morgan fingerprint density at radius 2 is 2.26 bits per heavy atom. The number of hydrazone groups is 1. The molecule has 0 amide bonds. The minimum Gasteiger partial charge on any atom is -0.480 e. The van der Waals surface area contributed by atoms with Crippen molar-refractivity contribution in [2.45, 2.75) is 0 Å². The summed E-state index contributed by atoms with van der Waals surface area (Å²) in [4.78, 5) is 10.3. The molecule has 1 heterocycles. The average Bonchev–Trinajstić information content (AvgIpc) is 2.83. The molecule has 0 aromatic heterocycles. The quantitative estimate of drug-likeness (QED) is 0.415. The highest BCUT2D eigenvalue weighted by molar-refractivity contribution is 7.80. The minimum atomic E-state index is -0.996. The van der Waals surface area contributed by atoms with Crippen LogP contribution in [0.5, 0.6) is 11.5 Å². The van der Waals surface area contributed by atoms with Gasteiger partial charge in [0.15, 0.2) is 16.6 Å². The van der Waals surface area contributed by atoms with Crippen LogP contribution in [0.15, 0.2) is 23.3 Å². The van der Waals surface area contributed by atoms with Crippen molar-refractivity contribution in [2.75, 3.05) is 13.3 Å². The molecule has 0 radical (unpaired) electrons. The van der Waals surface area contributed by atoms with E-state index >= 15 is 0 Å². The normalized spacial score (nSPS) is 12.4. The second kappa shape index (κ2) is 6.01. The lowest BCUT2D eigenvalue weighted by Gasteiger charge is -2.03.